The molecule has 0 aromatic heterocycles. The fourth-order valence-corrected chi connectivity index (χ4v) is 7.05. The Morgan fingerprint density at radius 2 is 1.71 bits per heavy atom. The van der Waals surface area contributed by atoms with Crippen LogP contribution in [-0.4, -0.2) is 59.8 Å². The summed E-state index contributed by atoms with van der Waals surface area (Å²) in [6.45, 7) is 2.99. The van der Waals surface area contributed by atoms with Gasteiger partial charge in [0.15, 0.2) is 0 Å². The van der Waals surface area contributed by atoms with Crippen molar-refractivity contribution in [3.05, 3.63) is 35.1 Å². The number of nitrogens with zero attached hydrogens (tertiary/aromatic N) is 2. The van der Waals surface area contributed by atoms with Gasteiger partial charge in [0, 0.05) is 25.2 Å². The number of carboxylic acid groups (broad SMARTS) is 1. The first-order valence-electron chi connectivity index (χ1n) is 11.5. The van der Waals surface area contributed by atoms with Crippen LogP contribution in [0.5, 0.6) is 0 Å². The van der Waals surface area contributed by atoms with Crippen molar-refractivity contribution in [3.8, 4) is 0 Å². The quantitative estimate of drug-likeness (QED) is 0.767. The molecule has 168 valence electrons. The van der Waals surface area contributed by atoms with Gasteiger partial charge in [0.05, 0.1) is 25.3 Å². The fraction of sp³-hybridized carbons (Fsp3) is 0.667. The molecule has 6 nitrogen and oxygen atoms in total. The highest BCUT2D eigenvalue weighted by molar-refractivity contribution is 5.87. The number of urea groups is 1. The first kappa shape index (κ1) is 20.7. The van der Waals surface area contributed by atoms with Crippen LogP contribution in [-0.2, 0) is 11.3 Å². The van der Waals surface area contributed by atoms with Crippen LogP contribution in [0.25, 0.3) is 0 Å². The number of rotatable bonds is 5. The summed E-state index contributed by atoms with van der Waals surface area (Å²) < 4.78 is 20.1. The SMILES string of the molecule is O=C(O)c1ccc(CN(CC23CC4CC(CC(C4)C2)C3)C(=O)N2CCOCC2)c(F)c1. The largest absolute Gasteiger partial charge is 0.478 e. The molecule has 0 radical (unpaired) electrons. The summed E-state index contributed by atoms with van der Waals surface area (Å²) >= 11 is 0. The lowest BCUT2D eigenvalue weighted by Gasteiger charge is -2.58. The van der Waals surface area contributed by atoms with E-state index in [4.69, 9.17) is 9.84 Å². The van der Waals surface area contributed by atoms with E-state index in [1.54, 1.807) is 0 Å². The van der Waals surface area contributed by atoms with E-state index in [9.17, 15) is 14.0 Å². The second-order valence-electron chi connectivity index (χ2n) is 10.3. The van der Waals surface area contributed by atoms with Gasteiger partial charge in [-0.25, -0.2) is 14.0 Å². The molecular weight excluding hydrogens is 399 g/mol. The van der Waals surface area contributed by atoms with Gasteiger partial charge in [-0.3, -0.25) is 0 Å². The zero-order valence-electron chi connectivity index (χ0n) is 17.9. The van der Waals surface area contributed by atoms with Crippen LogP contribution in [0.4, 0.5) is 9.18 Å². The normalized spacial score (nSPS) is 31.6. The highest BCUT2D eigenvalue weighted by Crippen LogP contribution is 2.60. The van der Waals surface area contributed by atoms with Gasteiger partial charge >= 0.3 is 12.0 Å². The molecule has 4 bridgehead atoms. The number of amides is 2. The molecule has 1 aliphatic heterocycles. The lowest BCUT2D eigenvalue weighted by Crippen LogP contribution is -2.55. The number of hydrogen-bond donors (Lipinski definition) is 1. The number of ether oxygens (including phenoxy) is 1. The molecule has 4 aliphatic carbocycles. The van der Waals surface area contributed by atoms with E-state index in [0.29, 0.717) is 38.4 Å². The van der Waals surface area contributed by atoms with Crippen LogP contribution in [0, 0.1) is 29.0 Å². The molecule has 6 rings (SSSR count). The summed E-state index contributed by atoms with van der Waals surface area (Å²) in [6, 6.07) is 3.93. The number of hydrogen-bond acceptors (Lipinski definition) is 3. The van der Waals surface area contributed by atoms with E-state index in [-0.39, 0.29) is 23.6 Å². The maximum atomic E-state index is 14.7. The molecule has 1 aromatic rings. The van der Waals surface area contributed by atoms with Gasteiger partial charge in [0.25, 0.3) is 0 Å². The Kier molecular flexibility index (Phi) is 5.40. The minimum absolute atomic E-state index is 0.0549. The van der Waals surface area contributed by atoms with Crippen molar-refractivity contribution in [3.63, 3.8) is 0 Å². The van der Waals surface area contributed by atoms with Gasteiger partial charge in [-0.2, -0.15) is 0 Å². The lowest BCUT2D eigenvalue weighted by molar-refractivity contribution is -0.0672. The highest BCUT2D eigenvalue weighted by atomic mass is 19.1. The molecule has 1 heterocycles. The van der Waals surface area contributed by atoms with Gasteiger partial charge in [0.1, 0.15) is 5.82 Å². The standard InChI is InChI=1S/C24H31FN2O4/c25-21-10-19(22(28)29)1-2-20(21)14-27(23(30)26-3-5-31-6-4-26)15-24-11-16-7-17(12-24)9-18(8-16)13-24/h1-2,10,16-18H,3-9,11-15H2,(H,28,29). The molecule has 4 saturated carbocycles. The summed E-state index contributed by atoms with van der Waals surface area (Å²) in [4.78, 5) is 28.3. The van der Waals surface area contributed by atoms with E-state index in [1.807, 2.05) is 9.80 Å². The van der Waals surface area contributed by atoms with Gasteiger partial charge in [-0.1, -0.05) is 6.07 Å². The Hall–Kier alpha value is -2.15. The molecule has 0 unspecified atom stereocenters. The van der Waals surface area contributed by atoms with E-state index in [0.717, 1.165) is 23.8 Å². The Labute approximate surface area is 182 Å². The Morgan fingerprint density at radius 3 is 2.26 bits per heavy atom. The summed E-state index contributed by atoms with van der Waals surface area (Å²) in [5, 5.41) is 9.13. The molecule has 5 aliphatic rings. The third-order valence-electron chi connectivity index (χ3n) is 7.90. The summed E-state index contributed by atoms with van der Waals surface area (Å²) in [5.74, 6) is 0.611. The lowest BCUT2D eigenvalue weighted by atomic mass is 9.49. The number of aromatic carboxylic acids is 1. The molecule has 1 N–H and O–H groups in total. The minimum atomic E-state index is -1.15. The van der Waals surface area contributed by atoms with Gasteiger partial charge in [0.2, 0.25) is 0 Å². The first-order valence-corrected chi connectivity index (χ1v) is 11.5. The van der Waals surface area contributed by atoms with Crippen LogP contribution in [0.2, 0.25) is 0 Å². The van der Waals surface area contributed by atoms with Crippen LogP contribution in [0.15, 0.2) is 18.2 Å². The van der Waals surface area contributed by atoms with Gasteiger partial charge in [-0.15, -0.1) is 0 Å². The Morgan fingerprint density at radius 1 is 1.10 bits per heavy atom. The number of carbonyl (C=O) groups is 2. The predicted molar refractivity (Wildman–Crippen MR) is 112 cm³/mol. The first-order chi connectivity index (χ1) is 14.9. The molecule has 2 amide bonds. The van der Waals surface area contributed by atoms with E-state index >= 15 is 0 Å². The van der Waals surface area contributed by atoms with Gasteiger partial charge in [-0.05, 0) is 73.8 Å². The molecule has 0 atom stereocenters. The second-order valence-corrected chi connectivity index (χ2v) is 10.3. The maximum absolute atomic E-state index is 14.7. The third-order valence-corrected chi connectivity index (χ3v) is 7.90. The van der Waals surface area contributed by atoms with Crippen LogP contribution in [0.3, 0.4) is 0 Å². The van der Waals surface area contributed by atoms with Crippen molar-refractivity contribution in [2.24, 2.45) is 23.2 Å². The van der Waals surface area contributed by atoms with E-state index < -0.39 is 11.8 Å². The summed E-state index contributed by atoms with van der Waals surface area (Å²) in [5.41, 5.74) is 0.443. The van der Waals surface area contributed by atoms with Crippen molar-refractivity contribution in [1.29, 1.82) is 0 Å². The molecule has 0 spiro atoms. The van der Waals surface area contributed by atoms with Crippen LogP contribution < -0.4 is 0 Å². The number of morpholine rings is 1. The van der Waals surface area contributed by atoms with Crippen molar-refractivity contribution >= 4 is 12.0 Å². The van der Waals surface area contributed by atoms with Crippen molar-refractivity contribution in [1.82, 2.24) is 9.80 Å². The number of halogens is 1. The third kappa shape index (κ3) is 4.16. The maximum Gasteiger partial charge on any atom is 0.335 e. The molecule has 1 saturated heterocycles. The average Bonchev–Trinajstić information content (AvgIpc) is 2.73. The monoisotopic (exact) mass is 430 g/mol. The van der Waals surface area contributed by atoms with Crippen molar-refractivity contribution in [2.75, 3.05) is 32.8 Å². The molecule has 5 fully saturated rings. The molecular formula is C24H31FN2O4. The average molecular weight is 431 g/mol. The summed E-state index contributed by atoms with van der Waals surface area (Å²) in [7, 11) is 0. The number of carboxylic acids is 1. The van der Waals surface area contributed by atoms with E-state index in [1.165, 1.54) is 50.7 Å². The van der Waals surface area contributed by atoms with Crippen molar-refractivity contribution in [2.45, 2.75) is 45.1 Å². The minimum Gasteiger partial charge on any atom is -0.478 e. The van der Waals surface area contributed by atoms with Gasteiger partial charge < -0.3 is 19.6 Å². The number of benzene rings is 1. The zero-order chi connectivity index (χ0) is 21.6. The Balaban J connectivity index is 1.39. The smallest absolute Gasteiger partial charge is 0.335 e. The Bertz CT molecular complexity index is 832. The molecule has 7 heteroatoms. The van der Waals surface area contributed by atoms with Crippen LogP contribution in [0.1, 0.15) is 54.4 Å². The predicted octanol–water partition coefficient (Wildman–Crippen LogP) is 3.99. The molecule has 31 heavy (non-hydrogen) atoms. The highest BCUT2D eigenvalue weighted by Gasteiger charge is 2.51. The fourth-order valence-electron chi connectivity index (χ4n) is 7.05. The van der Waals surface area contributed by atoms with Crippen molar-refractivity contribution < 1.29 is 23.8 Å². The topological polar surface area (TPSA) is 70.1 Å². The molecule has 1 aromatic carbocycles. The summed E-state index contributed by atoms with van der Waals surface area (Å²) in [6.07, 6.45) is 7.52. The number of carbonyl (C=O) groups excluding carboxylic acids is 1. The second kappa shape index (κ2) is 8.08. The zero-order valence-corrected chi connectivity index (χ0v) is 17.9. The van der Waals surface area contributed by atoms with E-state index in [2.05, 4.69) is 0 Å². The van der Waals surface area contributed by atoms with Crippen LogP contribution >= 0.6 is 0 Å².